The van der Waals surface area contributed by atoms with Crippen LogP contribution in [0.5, 0.6) is 0 Å². The number of nitrogens with zero attached hydrogens (tertiary/aromatic N) is 1. The minimum Gasteiger partial charge on any atom is -0.202 e. The van der Waals surface area contributed by atoms with E-state index in [1.165, 1.54) is 0 Å². The van der Waals surface area contributed by atoms with Gasteiger partial charge in [-0.25, -0.2) is 17.6 Å². The summed E-state index contributed by atoms with van der Waals surface area (Å²) >= 11 is 2.27. The van der Waals surface area contributed by atoms with E-state index < -0.39 is 33.4 Å². The van der Waals surface area contributed by atoms with Crippen LogP contribution < -0.4 is 0 Å². The zero-order valence-corrected chi connectivity index (χ0v) is 7.33. The molecule has 0 aliphatic carbocycles. The number of hydrogen-bond acceptors (Lipinski definition) is 2. The van der Waals surface area contributed by atoms with E-state index in [-0.39, 0.29) is 0 Å². The monoisotopic (exact) mass is 257 g/mol. The fourth-order valence-electron chi connectivity index (χ4n) is 0.673. The summed E-state index contributed by atoms with van der Waals surface area (Å²) in [5, 5.41) is 1.83. The third kappa shape index (κ3) is 1.43. The molecule has 0 bridgehead atoms. The van der Waals surface area contributed by atoms with Gasteiger partial charge >= 0.3 is 0 Å². The van der Waals surface area contributed by atoms with Crippen molar-refractivity contribution < 1.29 is 17.6 Å². The summed E-state index contributed by atoms with van der Waals surface area (Å²) in [6, 6.07) is 0. The van der Waals surface area contributed by atoms with Crippen molar-refractivity contribution in [3.8, 4) is 0 Å². The molecule has 0 amide bonds. The highest BCUT2D eigenvalue weighted by Crippen LogP contribution is 2.32. The van der Waals surface area contributed by atoms with E-state index in [9.17, 15) is 22.5 Å². The summed E-state index contributed by atoms with van der Waals surface area (Å²) in [6.07, 6.45) is 0. The van der Waals surface area contributed by atoms with Crippen LogP contribution >= 0.6 is 15.9 Å². The highest BCUT2D eigenvalue weighted by molar-refractivity contribution is 9.10. The molecule has 0 unspecified atom stereocenters. The molecule has 0 N–H and O–H groups in total. The molecule has 0 atom stereocenters. The normalized spacial score (nSPS) is 10.2. The predicted molar refractivity (Wildman–Crippen MR) is 39.4 cm³/mol. The summed E-state index contributed by atoms with van der Waals surface area (Å²) in [4.78, 5) is 9.79. The molecule has 0 saturated heterocycles. The Hall–Kier alpha value is -0.980. The first-order valence-corrected chi connectivity index (χ1v) is 3.64. The minimum absolute atomic E-state index is 1.00. The zero-order valence-electron chi connectivity index (χ0n) is 5.75. The molecule has 1 aromatic carbocycles. The second kappa shape index (κ2) is 3.41. The molecule has 7 heteroatoms. The number of nitroso groups, excluding NO2 is 1. The Morgan fingerprint density at radius 3 is 1.62 bits per heavy atom. The largest absolute Gasteiger partial charge is 0.202 e. The molecule has 0 fully saturated rings. The quantitative estimate of drug-likeness (QED) is 0.328. The maximum atomic E-state index is 12.6. The fraction of sp³-hybridized carbons (Fsp3) is 0. The van der Waals surface area contributed by atoms with Crippen molar-refractivity contribution in [3.05, 3.63) is 32.6 Å². The molecule has 2 nitrogen and oxygen atoms in total. The van der Waals surface area contributed by atoms with Gasteiger partial charge in [-0.05, 0) is 21.1 Å². The fourth-order valence-corrected chi connectivity index (χ4v) is 1.02. The molecule has 70 valence electrons. The molecule has 0 aliphatic heterocycles. The molecular weight excluding hydrogens is 258 g/mol. The van der Waals surface area contributed by atoms with E-state index in [0.717, 1.165) is 0 Å². The van der Waals surface area contributed by atoms with Crippen molar-refractivity contribution in [2.75, 3.05) is 0 Å². The maximum Gasteiger partial charge on any atom is 0.192 e. The number of hydrogen-bond donors (Lipinski definition) is 0. The van der Waals surface area contributed by atoms with Gasteiger partial charge in [0.15, 0.2) is 29.0 Å². The van der Waals surface area contributed by atoms with Gasteiger partial charge in [0, 0.05) is 0 Å². The molecule has 1 rings (SSSR count). The first-order chi connectivity index (χ1) is 6.00. The Morgan fingerprint density at radius 1 is 0.923 bits per heavy atom. The highest BCUT2D eigenvalue weighted by atomic mass is 79.9. The SMILES string of the molecule is O=Nc1c(F)c(F)c(Br)c(F)c1F. The van der Waals surface area contributed by atoms with Crippen molar-refractivity contribution in [1.29, 1.82) is 0 Å². The van der Waals surface area contributed by atoms with E-state index in [1.807, 2.05) is 5.18 Å². The average molecular weight is 258 g/mol. The molecule has 13 heavy (non-hydrogen) atoms. The Kier molecular flexibility index (Phi) is 2.65. The van der Waals surface area contributed by atoms with Crippen LogP contribution in [-0.4, -0.2) is 0 Å². The van der Waals surface area contributed by atoms with Gasteiger partial charge in [0.2, 0.25) is 0 Å². The Bertz CT molecular complexity index is 352. The lowest BCUT2D eigenvalue weighted by Gasteiger charge is -2.01. The standard InChI is InChI=1S/C6BrF4NO/c7-1-2(8)4(10)6(12-13)5(11)3(1)9. The Morgan fingerprint density at radius 2 is 1.31 bits per heavy atom. The summed E-state index contributed by atoms with van der Waals surface area (Å²) in [5.74, 6) is -7.01. The van der Waals surface area contributed by atoms with E-state index >= 15 is 0 Å². The molecule has 0 aromatic heterocycles. The lowest BCUT2D eigenvalue weighted by atomic mass is 10.2. The molecule has 0 saturated carbocycles. The average Bonchev–Trinajstić information content (AvgIpc) is 2.13. The van der Waals surface area contributed by atoms with Crippen LogP contribution in [0.3, 0.4) is 0 Å². The van der Waals surface area contributed by atoms with E-state index in [1.54, 1.807) is 0 Å². The summed E-state index contributed by atoms with van der Waals surface area (Å²) in [7, 11) is 0. The third-order valence-corrected chi connectivity index (χ3v) is 1.97. The predicted octanol–water partition coefficient (Wildman–Crippen LogP) is 3.40. The van der Waals surface area contributed by atoms with Gasteiger partial charge in [-0.15, -0.1) is 4.91 Å². The molecular formula is C6BrF4NO. The van der Waals surface area contributed by atoms with Crippen molar-refractivity contribution in [1.82, 2.24) is 0 Å². The van der Waals surface area contributed by atoms with Crippen molar-refractivity contribution >= 4 is 21.6 Å². The number of rotatable bonds is 1. The van der Waals surface area contributed by atoms with Crippen LogP contribution in [0.2, 0.25) is 0 Å². The molecule has 0 heterocycles. The van der Waals surface area contributed by atoms with E-state index in [4.69, 9.17) is 0 Å². The second-order valence-corrected chi connectivity index (χ2v) is 2.80. The van der Waals surface area contributed by atoms with Crippen LogP contribution in [0.25, 0.3) is 0 Å². The van der Waals surface area contributed by atoms with Gasteiger partial charge in [-0.2, -0.15) is 0 Å². The van der Waals surface area contributed by atoms with Gasteiger partial charge < -0.3 is 0 Å². The first kappa shape index (κ1) is 10.1. The first-order valence-electron chi connectivity index (χ1n) is 2.85. The van der Waals surface area contributed by atoms with Crippen LogP contribution in [0, 0.1) is 28.2 Å². The Balaban J connectivity index is 3.66. The van der Waals surface area contributed by atoms with Gasteiger partial charge in [-0.1, -0.05) is 0 Å². The van der Waals surface area contributed by atoms with Crippen molar-refractivity contribution in [2.45, 2.75) is 0 Å². The maximum absolute atomic E-state index is 12.6. The van der Waals surface area contributed by atoms with Crippen LogP contribution in [0.1, 0.15) is 0 Å². The van der Waals surface area contributed by atoms with Crippen molar-refractivity contribution in [2.24, 2.45) is 5.18 Å². The summed E-state index contributed by atoms with van der Waals surface area (Å²) in [5.41, 5.74) is -1.50. The van der Waals surface area contributed by atoms with Gasteiger partial charge in [0.1, 0.15) is 0 Å². The van der Waals surface area contributed by atoms with E-state index in [2.05, 4.69) is 15.9 Å². The van der Waals surface area contributed by atoms with Crippen LogP contribution in [-0.2, 0) is 0 Å². The van der Waals surface area contributed by atoms with Gasteiger partial charge in [-0.3, -0.25) is 0 Å². The molecule has 1 aromatic rings. The second-order valence-electron chi connectivity index (χ2n) is 2.01. The number of halogens is 5. The van der Waals surface area contributed by atoms with E-state index in [0.29, 0.717) is 0 Å². The topological polar surface area (TPSA) is 29.4 Å². The zero-order chi connectivity index (χ0) is 10.2. The van der Waals surface area contributed by atoms with Crippen LogP contribution in [0.4, 0.5) is 23.2 Å². The Labute approximate surface area is 77.7 Å². The van der Waals surface area contributed by atoms with Gasteiger partial charge in [0.05, 0.1) is 4.47 Å². The van der Waals surface area contributed by atoms with Crippen LogP contribution in [0.15, 0.2) is 9.65 Å². The molecule has 0 aliphatic rings. The smallest absolute Gasteiger partial charge is 0.192 e. The minimum atomic E-state index is -1.82. The lowest BCUT2D eigenvalue weighted by molar-refractivity contribution is 0.450. The molecule has 0 spiro atoms. The number of benzene rings is 1. The van der Waals surface area contributed by atoms with Gasteiger partial charge in [0.25, 0.3) is 0 Å². The summed E-state index contributed by atoms with van der Waals surface area (Å²) < 4.78 is 49.4. The summed E-state index contributed by atoms with van der Waals surface area (Å²) in [6.45, 7) is 0. The highest BCUT2D eigenvalue weighted by Gasteiger charge is 2.24. The molecule has 0 radical (unpaired) electrons. The lowest BCUT2D eigenvalue weighted by Crippen LogP contribution is -1.96. The van der Waals surface area contributed by atoms with Crippen molar-refractivity contribution in [3.63, 3.8) is 0 Å². The third-order valence-electron chi connectivity index (χ3n) is 1.28.